The van der Waals surface area contributed by atoms with Crippen molar-refractivity contribution in [2.45, 2.75) is 71.4 Å². The number of aromatic nitrogens is 3. The first-order valence-electron chi connectivity index (χ1n) is 11.6. The minimum absolute atomic E-state index is 0.0243. The molecule has 2 aliphatic heterocycles. The van der Waals surface area contributed by atoms with Crippen LogP contribution in [0.5, 0.6) is 0 Å². The van der Waals surface area contributed by atoms with E-state index < -0.39 is 0 Å². The largest absolute Gasteiger partial charge is 0.361 e. The number of likely N-dealkylation sites (tertiary alicyclic amines) is 1. The number of rotatable bonds is 6. The Kier molecular flexibility index (Phi) is 6.37. The summed E-state index contributed by atoms with van der Waals surface area (Å²) in [4.78, 5) is 35.4. The number of H-pyrrole nitrogens is 1. The van der Waals surface area contributed by atoms with E-state index in [0.29, 0.717) is 44.8 Å². The van der Waals surface area contributed by atoms with Crippen molar-refractivity contribution in [2.24, 2.45) is 5.92 Å². The van der Waals surface area contributed by atoms with Gasteiger partial charge in [0, 0.05) is 43.7 Å². The molecule has 0 saturated carbocycles. The Labute approximate surface area is 188 Å². The fraction of sp³-hybridized carbons (Fsp3) is 0.652. The molecule has 174 valence electrons. The van der Waals surface area contributed by atoms with Gasteiger partial charge in [-0.15, -0.1) is 0 Å². The van der Waals surface area contributed by atoms with E-state index in [-0.39, 0.29) is 23.4 Å². The number of nitrogens with one attached hydrogen (secondary N) is 3. The SMILES string of the molecule is Cc1noc(C)c1CCC(=O)N1CCC2(CC1)N[C@H](C(=O)NCC(C)C)Cc1[nH]cnc12. The molecule has 9 heteroatoms. The Morgan fingerprint density at radius 2 is 2.06 bits per heavy atom. The van der Waals surface area contributed by atoms with Gasteiger partial charge in [0.1, 0.15) is 5.76 Å². The van der Waals surface area contributed by atoms with Gasteiger partial charge >= 0.3 is 0 Å². The first-order valence-corrected chi connectivity index (χ1v) is 11.6. The number of hydrogen-bond donors (Lipinski definition) is 3. The summed E-state index contributed by atoms with van der Waals surface area (Å²) in [6.45, 7) is 9.90. The van der Waals surface area contributed by atoms with Gasteiger partial charge < -0.3 is 19.7 Å². The average Bonchev–Trinajstić information content (AvgIpc) is 3.38. The van der Waals surface area contributed by atoms with Crippen molar-refractivity contribution in [1.82, 2.24) is 30.7 Å². The summed E-state index contributed by atoms with van der Waals surface area (Å²) in [6, 6.07) is -0.302. The molecule has 0 unspecified atom stereocenters. The normalized spacial score (nSPS) is 19.9. The maximum atomic E-state index is 12.9. The highest BCUT2D eigenvalue weighted by atomic mass is 16.5. The Hall–Kier alpha value is -2.68. The Balaban J connectivity index is 1.39. The second-order valence-corrected chi connectivity index (χ2v) is 9.54. The van der Waals surface area contributed by atoms with Crippen LogP contribution < -0.4 is 10.6 Å². The van der Waals surface area contributed by atoms with Gasteiger partial charge in [-0.05, 0) is 39.0 Å². The molecule has 1 fully saturated rings. The number of hydrogen-bond acceptors (Lipinski definition) is 6. The zero-order valence-electron chi connectivity index (χ0n) is 19.5. The number of aromatic amines is 1. The van der Waals surface area contributed by atoms with Crippen molar-refractivity contribution < 1.29 is 14.1 Å². The molecule has 1 atom stereocenters. The van der Waals surface area contributed by atoms with Crippen molar-refractivity contribution in [1.29, 1.82) is 0 Å². The summed E-state index contributed by atoms with van der Waals surface area (Å²) in [7, 11) is 0. The molecule has 9 nitrogen and oxygen atoms in total. The number of amides is 2. The zero-order chi connectivity index (χ0) is 22.9. The minimum Gasteiger partial charge on any atom is -0.361 e. The van der Waals surface area contributed by atoms with E-state index in [1.54, 1.807) is 6.33 Å². The van der Waals surface area contributed by atoms with Gasteiger partial charge in [0.2, 0.25) is 11.8 Å². The van der Waals surface area contributed by atoms with Crippen LogP contribution in [0.25, 0.3) is 0 Å². The van der Waals surface area contributed by atoms with Gasteiger partial charge in [-0.2, -0.15) is 0 Å². The van der Waals surface area contributed by atoms with Gasteiger partial charge in [0.25, 0.3) is 0 Å². The number of aryl methyl sites for hydroxylation is 2. The van der Waals surface area contributed by atoms with Crippen LogP contribution in [0.4, 0.5) is 0 Å². The molecule has 3 N–H and O–H groups in total. The molecule has 1 spiro atoms. The maximum Gasteiger partial charge on any atom is 0.237 e. The second-order valence-electron chi connectivity index (χ2n) is 9.54. The van der Waals surface area contributed by atoms with E-state index in [4.69, 9.17) is 4.52 Å². The van der Waals surface area contributed by atoms with Gasteiger partial charge in [0.15, 0.2) is 0 Å². The van der Waals surface area contributed by atoms with Crippen LogP contribution in [0.15, 0.2) is 10.9 Å². The predicted molar refractivity (Wildman–Crippen MR) is 119 cm³/mol. The molecule has 1 saturated heterocycles. The van der Waals surface area contributed by atoms with Crippen molar-refractivity contribution in [3.63, 3.8) is 0 Å². The van der Waals surface area contributed by atoms with Crippen molar-refractivity contribution >= 4 is 11.8 Å². The molecular weight excluding hydrogens is 408 g/mol. The summed E-state index contributed by atoms with van der Waals surface area (Å²) in [5, 5.41) is 10.6. The number of imidazole rings is 1. The van der Waals surface area contributed by atoms with Crippen LogP contribution in [0.2, 0.25) is 0 Å². The lowest BCUT2D eigenvalue weighted by molar-refractivity contribution is -0.133. The number of carbonyl (C=O) groups is 2. The Morgan fingerprint density at radius 1 is 1.31 bits per heavy atom. The molecule has 4 heterocycles. The fourth-order valence-electron chi connectivity index (χ4n) is 4.90. The van der Waals surface area contributed by atoms with Crippen LogP contribution in [-0.2, 0) is 28.0 Å². The number of fused-ring (bicyclic) bond motifs is 2. The molecule has 2 amide bonds. The molecule has 32 heavy (non-hydrogen) atoms. The lowest BCUT2D eigenvalue weighted by atomic mass is 9.78. The van der Waals surface area contributed by atoms with Crippen molar-refractivity contribution in [3.8, 4) is 0 Å². The Bertz CT molecular complexity index is 951. The topological polar surface area (TPSA) is 116 Å². The third kappa shape index (κ3) is 4.44. The van der Waals surface area contributed by atoms with Gasteiger partial charge in [0.05, 0.1) is 29.3 Å². The molecule has 0 bridgehead atoms. The second kappa shape index (κ2) is 9.05. The molecule has 0 aromatic carbocycles. The van der Waals surface area contributed by atoms with Gasteiger partial charge in [-0.3, -0.25) is 14.9 Å². The molecule has 2 aromatic rings. The molecular formula is C23H34N6O3. The highest BCUT2D eigenvalue weighted by Crippen LogP contribution is 2.37. The van der Waals surface area contributed by atoms with E-state index in [9.17, 15) is 9.59 Å². The van der Waals surface area contributed by atoms with Crippen LogP contribution in [0.3, 0.4) is 0 Å². The summed E-state index contributed by atoms with van der Waals surface area (Å²) < 4.78 is 5.21. The van der Waals surface area contributed by atoms with Gasteiger partial charge in [-0.1, -0.05) is 19.0 Å². The number of piperidine rings is 1. The van der Waals surface area contributed by atoms with E-state index in [2.05, 4.69) is 39.6 Å². The Morgan fingerprint density at radius 3 is 2.72 bits per heavy atom. The first kappa shape index (κ1) is 22.5. The molecule has 0 radical (unpaired) electrons. The van der Waals surface area contributed by atoms with Crippen LogP contribution in [-0.4, -0.2) is 57.5 Å². The quantitative estimate of drug-likeness (QED) is 0.628. The van der Waals surface area contributed by atoms with E-state index >= 15 is 0 Å². The fourth-order valence-corrected chi connectivity index (χ4v) is 4.90. The summed E-state index contributed by atoms with van der Waals surface area (Å²) in [5.41, 5.74) is 3.51. The van der Waals surface area contributed by atoms with E-state index in [0.717, 1.165) is 41.2 Å². The lowest BCUT2D eigenvalue weighted by Crippen LogP contribution is -2.62. The van der Waals surface area contributed by atoms with Crippen LogP contribution in [0.1, 0.15) is 61.5 Å². The highest BCUT2D eigenvalue weighted by molar-refractivity contribution is 5.82. The first-order chi connectivity index (χ1) is 15.3. The highest BCUT2D eigenvalue weighted by Gasteiger charge is 2.46. The van der Waals surface area contributed by atoms with Crippen LogP contribution in [0, 0.1) is 19.8 Å². The summed E-state index contributed by atoms with van der Waals surface area (Å²) in [6.07, 6.45) is 4.86. The maximum absolute atomic E-state index is 12.9. The number of nitrogens with zero attached hydrogens (tertiary/aromatic N) is 3. The smallest absolute Gasteiger partial charge is 0.237 e. The third-order valence-electron chi connectivity index (χ3n) is 6.77. The summed E-state index contributed by atoms with van der Waals surface area (Å²) >= 11 is 0. The minimum atomic E-state index is -0.383. The monoisotopic (exact) mass is 442 g/mol. The molecule has 2 aliphatic rings. The predicted octanol–water partition coefficient (Wildman–Crippen LogP) is 1.75. The summed E-state index contributed by atoms with van der Waals surface area (Å²) in [5.74, 6) is 1.35. The van der Waals surface area contributed by atoms with Crippen molar-refractivity contribution in [3.05, 3.63) is 34.7 Å². The van der Waals surface area contributed by atoms with E-state index in [1.807, 2.05) is 18.7 Å². The molecule has 2 aromatic heterocycles. The molecule has 0 aliphatic carbocycles. The number of carbonyl (C=O) groups excluding carboxylic acids is 2. The average molecular weight is 443 g/mol. The van der Waals surface area contributed by atoms with E-state index in [1.165, 1.54) is 0 Å². The van der Waals surface area contributed by atoms with Gasteiger partial charge in [-0.25, -0.2) is 4.98 Å². The molecule has 4 rings (SSSR count). The van der Waals surface area contributed by atoms with Crippen LogP contribution >= 0.6 is 0 Å². The third-order valence-corrected chi connectivity index (χ3v) is 6.77. The van der Waals surface area contributed by atoms with Crippen molar-refractivity contribution in [2.75, 3.05) is 19.6 Å². The standard InChI is InChI=1S/C23H34N6O3/c1-14(2)12-24-22(31)19-11-18-21(26-13-25-18)23(27-19)7-9-29(10-8-23)20(30)6-5-17-15(3)28-32-16(17)4/h13-14,19,27H,5-12H2,1-4H3,(H,24,31)(H,25,26)/t19-/m0/s1. The lowest BCUT2D eigenvalue weighted by Gasteiger charge is -2.46. The zero-order valence-corrected chi connectivity index (χ0v) is 19.5.